The number of thiophene rings is 1. The molecule has 0 atom stereocenters. The Labute approximate surface area is 178 Å². The van der Waals surface area contributed by atoms with Crippen LogP contribution in [0.1, 0.15) is 10.5 Å². The molecule has 0 bridgehead atoms. The van der Waals surface area contributed by atoms with E-state index >= 15 is 0 Å². The van der Waals surface area contributed by atoms with Gasteiger partial charge >= 0.3 is 0 Å². The molecule has 1 amide bonds. The minimum atomic E-state index is -0.0113. The molecule has 7 nitrogen and oxygen atoms in total. The van der Waals surface area contributed by atoms with Crippen molar-refractivity contribution in [3.05, 3.63) is 78.1 Å². The van der Waals surface area contributed by atoms with Gasteiger partial charge in [-0.2, -0.15) is 5.10 Å². The highest BCUT2D eigenvalue weighted by atomic mass is 32.1. The van der Waals surface area contributed by atoms with Crippen molar-refractivity contribution in [3.8, 4) is 16.3 Å². The van der Waals surface area contributed by atoms with Crippen molar-refractivity contribution in [3.63, 3.8) is 0 Å². The number of benzene rings is 1. The summed E-state index contributed by atoms with van der Waals surface area (Å²) >= 11 is 1.62. The SMILES string of the molecule is O=C(c1cc(-c2cccs2)nn1-c1ccccc1)N1CCN(c2ncccn2)CC1. The number of rotatable bonds is 4. The first-order valence-electron chi connectivity index (χ1n) is 9.80. The van der Waals surface area contributed by atoms with E-state index in [-0.39, 0.29) is 5.91 Å². The van der Waals surface area contributed by atoms with Gasteiger partial charge in [-0.05, 0) is 35.7 Å². The van der Waals surface area contributed by atoms with Gasteiger partial charge < -0.3 is 9.80 Å². The van der Waals surface area contributed by atoms with E-state index in [1.807, 2.05) is 58.8 Å². The van der Waals surface area contributed by atoms with Crippen LogP contribution in [0.15, 0.2) is 72.4 Å². The predicted octanol–water partition coefficient (Wildman–Crippen LogP) is 3.35. The van der Waals surface area contributed by atoms with Crippen LogP contribution < -0.4 is 4.90 Å². The number of amides is 1. The summed E-state index contributed by atoms with van der Waals surface area (Å²) in [6.07, 6.45) is 3.48. The highest BCUT2D eigenvalue weighted by molar-refractivity contribution is 7.13. The average molecular weight is 417 g/mol. The summed E-state index contributed by atoms with van der Waals surface area (Å²) in [7, 11) is 0. The maximum Gasteiger partial charge on any atom is 0.272 e. The fraction of sp³-hybridized carbons (Fsp3) is 0.182. The first kappa shape index (κ1) is 18.5. The quantitative estimate of drug-likeness (QED) is 0.510. The zero-order valence-corrected chi connectivity index (χ0v) is 17.1. The van der Waals surface area contributed by atoms with Crippen molar-refractivity contribution < 1.29 is 4.79 Å². The number of carbonyl (C=O) groups excluding carboxylic acids is 1. The molecule has 30 heavy (non-hydrogen) atoms. The molecule has 3 aromatic heterocycles. The Bertz CT molecular complexity index is 1120. The number of hydrogen-bond donors (Lipinski definition) is 0. The Hall–Kier alpha value is -3.52. The van der Waals surface area contributed by atoms with Crippen LogP contribution in [0.25, 0.3) is 16.3 Å². The first-order chi connectivity index (χ1) is 14.8. The van der Waals surface area contributed by atoms with Crippen molar-refractivity contribution >= 4 is 23.2 Å². The average Bonchev–Trinajstić information content (AvgIpc) is 3.50. The van der Waals surface area contributed by atoms with Crippen LogP contribution >= 0.6 is 11.3 Å². The second-order valence-corrected chi connectivity index (χ2v) is 7.92. The largest absolute Gasteiger partial charge is 0.337 e. The summed E-state index contributed by atoms with van der Waals surface area (Å²) in [6, 6.07) is 17.5. The van der Waals surface area contributed by atoms with Crippen LogP contribution in [-0.2, 0) is 0 Å². The third kappa shape index (κ3) is 3.57. The highest BCUT2D eigenvalue weighted by Crippen LogP contribution is 2.26. The number of piperazine rings is 1. The van der Waals surface area contributed by atoms with Gasteiger partial charge in [-0.25, -0.2) is 14.6 Å². The molecule has 1 aliphatic heterocycles. The normalized spacial score (nSPS) is 14.1. The van der Waals surface area contributed by atoms with Crippen molar-refractivity contribution in [2.75, 3.05) is 31.1 Å². The number of nitrogens with zero attached hydrogens (tertiary/aromatic N) is 6. The number of aromatic nitrogens is 4. The van der Waals surface area contributed by atoms with Gasteiger partial charge in [-0.3, -0.25) is 4.79 Å². The molecule has 1 fully saturated rings. The molecule has 8 heteroatoms. The molecule has 0 spiro atoms. The van der Waals surface area contributed by atoms with E-state index in [2.05, 4.69) is 14.9 Å². The van der Waals surface area contributed by atoms with Crippen LogP contribution in [-0.4, -0.2) is 56.7 Å². The molecular weight excluding hydrogens is 396 g/mol. The summed E-state index contributed by atoms with van der Waals surface area (Å²) in [6.45, 7) is 2.64. The van der Waals surface area contributed by atoms with E-state index in [9.17, 15) is 4.79 Å². The Balaban J connectivity index is 1.41. The minimum Gasteiger partial charge on any atom is -0.337 e. The molecule has 0 unspecified atom stereocenters. The number of carbonyl (C=O) groups is 1. The molecule has 5 rings (SSSR count). The number of hydrogen-bond acceptors (Lipinski definition) is 6. The van der Waals surface area contributed by atoms with Gasteiger partial charge in [-0.1, -0.05) is 24.3 Å². The summed E-state index contributed by atoms with van der Waals surface area (Å²) in [5.41, 5.74) is 2.27. The van der Waals surface area contributed by atoms with Crippen LogP contribution in [0.2, 0.25) is 0 Å². The van der Waals surface area contributed by atoms with Crippen LogP contribution in [0.3, 0.4) is 0 Å². The van der Waals surface area contributed by atoms with Gasteiger partial charge in [0.05, 0.1) is 10.6 Å². The minimum absolute atomic E-state index is 0.0113. The van der Waals surface area contributed by atoms with Crippen LogP contribution in [0.5, 0.6) is 0 Å². The third-order valence-electron chi connectivity index (χ3n) is 5.10. The molecule has 0 N–H and O–H groups in total. The van der Waals surface area contributed by atoms with Crippen LogP contribution in [0.4, 0.5) is 5.95 Å². The van der Waals surface area contributed by atoms with Gasteiger partial charge in [0.1, 0.15) is 11.4 Å². The molecule has 0 radical (unpaired) electrons. The standard InChI is InChI=1S/C22H20N6OS/c29-21(26-11-13-27(14-12-26)22-23-9-5-10-24-22)19-16-18(20-8-4-15-30-20)25-28(19)17-6-2-1-3-7-17/h1-10,15-16H,11-14H2. The van der Waals surface area contributed by atoms with Gasteiger partial charge in [-0.15, -0.1) is 11.3 Å². The molecule has 0 aliphatic carbocycles. The van der Waals surface area contributed by atoms with E-state index in [0.717, 1.165) is 16.3 Å². The van der Waals surface area contributed by atoms with E-state index in [1.54, 1.807) is 34.5 Å². The lowest BCUT2D eigenvalue weighted by molar-refractivity contribution is 0.0737. The molecule has 1 aromatic carbocycles. The van der Waals surface area contributed by atoms with E-state index in [4.69, 9.17) is 5.10 Å². The summed E-state index contributed by atoms with van der Waals surface area (Å²) in [4.78, 5) is 27.1. The van der Waals surface area contributed by atoms with Gasteiger partial charge in [0.2, 0.25) is 5.95 Å². The van der Waals surface area contributed by atoms with Crippen molar-refractivity contribution in [2.45, 2.75) is 0 Å². The van der Waals surface area contributed by atoms with E-state index in [0.29, 0.717) is 37.8 Å². The zero-order chi connectivity index (χ0) is 20.3. The fourth-order valence-electron chi connectivity index (χ4n) is 3.57. The summed E-state index contributed by atoms with van der Waals surface area (Å²) in [5.74, 6) is 0.696. The van der Waals surface area contributed by atoms with Crippen molar-refractivity contribution in [2.24, 2.45) is 0 Å². The zero-order valence-electron chi connectivity index (χ0n) is 16.3. The second kappa shape index (κ2) is 8.08. The lowest BCUT2D eigenvalue weighted by Crippen LogP contribution is -2.49. The first-order valence-corrected chi connectivity index (χ1v) is 10.7. The van der Waals surface area contributed by atoms with Crippen LogP contribution in [0, 0.1) is 0 Å². The van der Waals surface area contributed by atoms with Crippen molar-refractivity contribution in [1.29, 1.82) is 0 Å². The Morgan fingerprint density at radius 2 is 1.67 bits per heavy atom. The molecule has 4 aromatic rings. The molecule has 4 heterocycles. The smallest absolute Gasteiger partial charge is 0.272 e. The maximum atomic E-state index is 13.4. The Morgan fingerprint density at radius 3 is 2.37 bits per heavy atom. The lowest BCUT2D eigenvalue weighted by atomic mass is 10.2. The van der Waals surface area contributed by atoms with Gasteiger partial charge in [0.15, 0.2) is 0 Å². The second-order valence-electron chi connectivity index (χ2n) is 6.97. The highest BCUT2D eigenvalue weighted by Gasteiger charge is 2.27. The van der Waals surface area contributed by atoms with E-state index in [1.165, 1.54) is 0 Å². The number of anilines is 1. The molecule has 150 valence electrons. The topological polar surface area (TPSA) is 67.2 Å². The summed E-state index contributed by atoms with van der Waals surface area (Å²) in [5, 5.41) is 6.77. The van der Waals surface area contributed by atoms with E-state index < -0.39 is 0 Å². The van der Waals surface area contributed by atoms with Crippen molar-refractivity contribution in [1.82, 2.24) is 24.6 Å². The predicted molar refractivity (Wildman–Crippen MR) is 117 cm³/mol. The number of para-hydroxylation sites is 1. The Morgan fingerprint density at radius 1 is 0.900 bits per heavy atom. The fourth-order valence-corrected chi connectivity index (χ4v) is 4.25. The lowest BCUT2D eigenvalue weighted by Gasteiger charge is -2.34. The maximum absolute atomic E-state index is 13.4. The van der Waals surface area contributed by atoms with Gasteiger partial charge in [0.25, 0.3) is 5.91 Å². The summed E-state index contributed by atoms with van der Waals surface area (Å²) < 4.78 is 1.75. The molecule has 1 aliphatic rings. The third-order valence-corrected chi connectivity index (χ3v) is 6.00. The molecule has 1 saturated heterocycles. The molecular formula is C22H20N6OS. The molecule has 0 saturated carbocycles. The monoisotopic (exact) mass is 416 g/mol. The van der Waals surface area contributed by atoms with Gasteiger partial charge in [0, 0.05) is 38.6 Å². The Kier molecular flexibility index (Phi) is 4.98.